The van der Waals surface area contributed by atoms with Crippen molar-refractivity contribution in [3.05, 3.63) is 40.4 Å². The predicted octanol–water partition coefficient (Wildman–Crippen LogP) is 3.05. The number of amides is 1. The van der Waals surface area contributed by atoms with E-state index >= 15 is 0 Å². The third-order valence-electron chi connectivity index (χ3n) is 1.87. The van der Waals surface area contributed by atoms with Gasteiger partial charge < -0.3 is 10.4 Å². The van der Waals surface area contributed by atoms with Crippen LogP contribution in [-0.4, -0.2) is 17.0 Å². The maximum absolute atomic E-state index is 12.5. The van der Waals surface area contributed by atoms with E-state index in [-0.39, 0.29) is 10.2 Å². The fourth-order valence-electron chi connectivity index (χ4n) is 1.16. The predicted molar refractivity (Wildman–Crippen MR) is 64.5 cm³/mol. The van der Waals surface area contributed by atoms with E-state index in [1.807, 2.05) is 0 Å². The Morgan fingerprint density at radius 1 is 1.21 bits per heavy atom. The van der Waals surface area contributed by atoms with E-state index in [1.54, 1.807) is 0 Å². The quantitative estimate of drug-likeness (QED) is 0.833. The Labute approximate surface area is 114 Å². The largest absolute Gasteiger partial charge is 0.478 e. The molecule has 0 aromatic heterocycles. The van der Waals surface area contributed by atoms with Gasteiger partial charge in [-0.25, -0.2) is 4.79 Å². The molecule has 1 aromatic carbocycles. The van der Waals surface area contributed by atoms with Gasteiger partial charge in [0.25, 0.3) is 0 Å². The van der Waals surface area contributed by atoms with E-state index in [0.717, 1.165) is 12.1 Å². The number of alkyl halides is 3. The summed E-state index contributed by atoms with van der Waals surface area (Å²) in [5.74, 6) is -2.17. The van der Waals surface area contributed by atoms with Crippen LogP contribution >= 0.6 is 15.9 Å². The lowest BCUT2D eigenvalue weighted by Gasteiger charge is -2.10. The number of rotatable bonds is 3. The van der Waals surface area contributed by atoms with Gasteiger partial charge in [-0.05, 0) is 18.2 Å². The van der Waals surface area contributed by atoms with Gasteiger partial charge in [0.1, 0.15) is 0 Å². The molecular formula is C11H7BrF3NO3. The molecule has 0 heterocycles. The number of benzene rings is 1. The van der Waals surface area contributed by atoms with Crippen LogP contribution in [0.1, 0.15) is 5.56 Å². The van der Waals surface area contributed by atoms with Crippen molar-refractivity contribution in [3.63, 3.8) is 0 Å². The molecule has 0 spiro atoms. The maximum Gasteiger partial charge on any atom is 0.416 e. The summed E-state index contributed by atoms with van der Waals surface area (Å²) in [6.07, 6.45) is -3.26. The minimum Gasteiger partial charge on any atom is -0.478 e. The Morgan fingerprint density at radius 2 is 1.84 bits per heavy atom. The van der Waals surface area contributed by atoms with Crippen LogP contribution < -0.4 is 5.32 Å². The van der Waals surface area contributed by atoms with Crippen molar-refractivity contribution in [1.82, 2.24) is 0 Å². The minimum atomic E-state index is -4.54. The zero-order valence-electron chi connectivity index (χ0n) is 9.16. The normalized spacial score (nSPS) is 11.6. The van der Waals surface area contributed by atoms with E-state index in [2.05, 4.69) is 21.2 Å². The van der Waals surface area contributed by atoms with Gasteiger partial charge in [0.2, 0.25) is 5.91 Å². The number of nitrogens with one attached hydrogen (secondary N) is 1. The van der Waals surface area contributed by atoms with E-state index in [4.69, 9.17) is 5.11 Å². The lowest BCUT2D eigenvalue weighted by atomic mass is 10.2. The Kier molecular flexibility index (Phi) is 4.71. The summed E-state index contributed by atoms with van der Waals surface area (Å²) in [6.45, 7) is 0. The molecule has 0 bridgehead atoms. The Balaban J connectivity index is 2.93. The Bertz CT molecular complexity index is 540. The molecule has 4 nitrogen and oxygen atoms in total. The van der Waals surface area contributed by atoms with Crippen LogP contribution in [0, 0.1) is 0 Å². The first-order valence-corrected chi connectivity index (χ1v) is 5.57. The van der Waals surface area contributed by atoms with E-state index < -0.39 is 23.6 Å². The molecule has 0 aliphatic heterocycles. The van der Waals surface area contributed by atoms with Crippen molar-refractivity contribution in [2.24, 2.45) is 0 Å². The van der Waals surface area contributed by atoms with Crippen LogP contribution in [0.25, 0.3) is 0 Å². The maximum atomic E-state index is 12.5. The van der Waals surface area contributed by atoms with Gasteiger partial charge in [0, 0.05) is 22.3 Å². The second kappa shape index (κ2) is 5.87. The highest BCUT2D eigenvalue weighted by Gasteiger charge is 2.31. The van der Waals surface area contributed by atoms with Gasteiger partial charge in [-0.1, -0.05) is 15.9 Å². The first-order chi connectivity index (χ1) is 8.68. The van der Waals surface area contributed by atoms with Gasteiger partial charge >= 0.3 is 12.1 Å². The minimum absolute atomic E-state index is 0.0956. The molecular weight excluding hydrogens is 331 g/mol. The highest BCUT2D eigenvalue weighted by atomic mass is 79.9. The summed E-state index contributed by atoms with van der Waals surface area (Å²) in [7, 11) is 0. The summed E-state index contributed by atoms with van der Waals surface area (Å²) in [6, 6.07) is 2.88. The average molecular weight is 338 g/mol. The van der Waals surface area contributed by atoms with E-state index in [1.165, 1.54) is 6.07 Å². The third kappa shape index (κ3) is 5.12. The highest BCUT2D eigenvalue weighted by Crippen LogP contribution is 2.33. The summed E-state index contributed by atoms with van der Waals surface area (Å²) in [5.41, 5.74) is -1.03. The summed E-state index contributed by atoms with van der Waals surface area (Å²) in [4.78, 5) is 21.4. The molecule has 0 unspecified atom stereocenters. The van der Waals surface area contributed by atoms with Crippen LogP contribution in [-0.2, 0) is 15.8 Å². The van der Waals surface area contributed by atoms with Crippen molar-refractivity contribution in [1.29, 1.82) is 0 Å². The first kappa shape index (κ1) is 15.2. The number of carboxylic acids is 1. The SMILES string of the molecule is O=C(O)C=CC(=O)Nc1cc(Br)cc(C(F)(F)F)c1. The second-order valence-electron chi connectivity index (χ2n) is 3.39. The number of carboxylic acid groups (broad SMARTS) is 1. The molecule has 0 aliphatic carbocycles. The van der Waals surface area contributed by atoms with Crippen molar-refractivity contribution < 1.29 is 27.9 Å². The fourth-order valence-corrected chi connectivity index (χ4v) is 1.65. The number of carbonyl (C=O) groups is 2. The van der Waals surface area contributed by atoms with E-state index in [0.29, 0.717) is 12.2 Å². The molecule has 0 fully saturated rings. The molecule has 1 aromatic rings. The van der Waals surface area contributed by atoms with Crippen molar-refractivity contribution in [2.45, 2.75) is 6.18 Å². The van der Waals surface area contributed by atoms with Crippen LogP contribution in [0.2, 0.25) is 0 Å². The number of halogens is 4. The van der Waals surface area contributed by atoms with E-state index in [9.17, 15) is 22.8 Å². The monoisotopic (exact) mass is 337 g/mol. The van der Waals surface area contributed by atoms with Crippen LogP contribution in [0.5, 0.6) is 0 Å². The lowest BCUT2D eigenvalue weighted by Crippen LogP contribution is -2.11. The topological polar surface area (TPSA) is 66.4 Å². The van der Waals surface area contributed by atoms with Crippen molar-refractivity contribution in [2.75, 3.05) is 5.32 Å². The molecule has 0 radical (unpaired) electrons. The zero-order chi connectivity index (χ0) is 14.6. The average Bonchev–Trinajstić information content (AvgIpc) is 2.24. The fraction of sp³-hybridized carbons (Fsp3) is 0.0909. The molecule has 8 heteroatoms. The number of hydrogen-bond donors (Lipinski definition) is 2. The van der Waals surface area contributed by atoms with Crippen molar-refractivity contribution in [3.8, 4) is 0 Å². The van der Waals surface area contributed by atoms with Gasteiger partial charge in [0.05, 0.1) is 5.56 Å². The summed E-state index contributed by atoms with van der Waals surface area (Å²) >= 11 is 2.89. The first-order valence-electron chi connectivity index (χ1n) is 4.78. The highest BCUT2D eigenvalue weighted by molar-refractivity contribution is 9.10. The number of hydrogen-bond acceptors (Lipinski definition) is 2. The number of anilines is 1. The molecule has 19 heavy (non-hydrogen) atoms. The lowest BCUT2D eigenvalue weighted by molar-refractivity contribution is -0.137. The zero-order valence-corrected chi connectivity index (χ0v) is 10.7. The molecule has 0 saturated heterocycles. The van der Waals surface area contributed by atoms with Crippen LogP contribution in [0.4, 0.5) is 18.9 Å². The van der Waals surface area contributed by atoms with Crippen LogP contribution in [0.15, 0.2) is 34.8 Å². The van der Waals surface area contributed by atoms with Gasteiger partial charge in [-0.3, -0.25) is 4.79 Å². The number of aliphatic carboxylic acids is 1. The Hall–Kier alpha value is -1.83. The molecule has 0 aliphatic rings. The molecule has 1 rings (SSSR count). The summed E-state index contributed by atoms with van der Waals surface area (Å²) < 4.78 is 37.7. The van der Waals surface area contributed by atoms with Crippen molar-refractivity contribution >= 4 is 33.5 Å². The van der Waals surface area contributed by atoms with Gasteiger partial charge in [0.15, 0.2) is 0 Å². The third-order valence-corrected chi connectivity index (χ3v) is 2.33. The standard InChI is InChI=1S/C11H7BrF3NO3/c12-7-3-6(11(13,14)15)4-8(5-7)16-9(17)1-2-10(18)19/h1-5H,(H,16,17)(H,18,19). The molecule has 102 valence electrons. The molecule has 2 N–H and O–H groups in total. The second-order valence-corrected chi connectivity index (χ2v) is 4.30. The molecule has 1 amide bonds. The van der Waals surface area contributed by atoms with Gasteiger partial charge in [-0.15, -0.1) is 0 Å². The molecule has 0 atom stereocenters. The molecule has 0 saturated carbocycles. The smallest absolute Gasteiger partial charge is 0.416 e. The van der Waals surface area contributed by atoms with Gasteiger partial charge in [-0.2, -0.15) is 13.2 Å². The number of carbonyl (C=O) groups excluding carboxylic acids is 1. The summed E-state index contributed by atoms with van der Waals surface area (Å²) in [5, 5.41) is 10.4. The van der Waals surface area contributed by atoms with Crippen LogP contribution in [0.3, 0.4) is 0 Å². The Morgan fingerprint density at radius 3 is 2.37 bits per heavy atom.